The number of rotatable bonds is 5. The summed E-state index contributed by atoms with van der Waals surface area (Å²) in [6, 6.07) is 6.91. The van der Waals surface area contributed by atoms with E-state index in [9.17, 15) is 14.4 Å². The molecule has 8 nitrogen and oxygen atoms in total. The molecule has 0 aliphatic carbocycles. The number of nitrogens with zero attached hydrogens (tertiary/aromatic N) is 2. The maximum absolute atomic E-state index is 12.9. The minimum absolute atomic E-state index is 0.267. The van der Waals surface area contributed by atoms with Crippen molar-refractivity contribution in [1.82, 2.24) is 9.80 Å². The summed E-state index contributed by atoms with van der Waals surface area (Å²) in [6.45, 7) is 6.80. The largest absolute Gasteiger partial charge is 0.497 e. The summed E-state index contributed by atoms with van der Waals surface area (Å²) in [4.78, 5) is 40.5. The normalized spacial score (nSPS) is 14.5. The fraction of sp³-hybridized carbons (Fsp3) is 0.526. The summed E-state index contributed by atoms with van der Waals surface area (Å²) in [5.41, 5.74) is -0.639. The number of hydrogen-bond acceptors (Lipinski definition) is 5. The average Bonchev–Trinajstić information content (AvgIpc) is 2.68. The Balaban J connectivity index is 1.95. The fourth-order valence-corrected chi connectivity index (χ4v) is 2.76. The molecule has 1 aliphatic heterocycles. The van der Waals surface area contributed by atoms with Crippen molar-refractivity contribution in [3.63, 3.8) is 0 Å². The molecule has 27 heavy (non-hydrogen) atoms. The van der Waals surface area contributed by atoms with E-state index >= 15 is 0 Å². The van der Waals surface area contributed by atoms with E-state index in [1.165, 1.54) is 0 Å². The topological polar surface area (TPSA) is 88.2 Å². The molecule has 0 atom stereocenters. The predicted octanol–water partition coefficient (Wildman–Crippen LogP) is 1.96. The molecular formula is C19H27N3O5. The van der Waals surface area contributed by atoms with Gasteiger partial charge in [0, 0.05) is 31.9 Å². The third-order valence-electron chi connectivity index (χ3n) is 4.54. The highest BCUT2D eigenvalue weighted by Gasteiger charge is 2.40. The minimum atomic E-state index is -1.23. The molecule has 0 spiro atoms. The van der Waals surface area contributed by atoms with Crippen molar-refractivity contribution in [2.24, 2.45) is 5.41 Å². The van der Waals surface area contributed by atoms with E-state index in [1.807, 2.05) is 0 Å². The molecule has 3 amide bonds. The third-order valence-corrected chi connectivity index (χ3v) is 4.54. The summed E-state index contributed by atoms with van der Waals surface area (Å²) in [7, 11) is 1.57. The number of nitrogens with one attached hydrogen (secondary N) is 1. The lowest BCUT2D eigenvalue weighted by Crippen LogP contribution is -2.55. The number of hydrogen-bond donors (Lipinski definition) is 1. The zero-order valence-corrected chi connectivity index (χ0v) is 16.3. The Labute approximate surface area is 159 Å². The van der Waals surface area contributed by atoms with Gasteiger partial charge in [0.1, 0.15) is 11.2 Å². The number of methoxy groups -OCH3 is 1. The molecule has 1 heterocycles. The predicted molar refractivity (Wildman–Crippen MR) is 101 cm³/mol. The van der Waals surface area contributed by atoms with E-state index < -0.39 is 5.41 Å². The zero-order chi connectivity index (χ0) is 20.0. The van der Waals surface area contributed by atoms with Gasteiger partial charge >= 0.3 is 6.09 Å². The van der Waals surface area contributed by atoms with Gasteiger partial charge in [0.25, 0.3) is 0 Å². The summed E-state index contributed by atoms with van der Waals surface area (Å²) < 4.78 is 10.1. The number of anilines is 1. The molecule has 1 aromatic carbocycles. The number of carbonyl (C=O) groups is 3. The molecule has 1 N–H and O–H groups in total. The second-order valence-corrected chi connectivity index (χ2v) is 6.79. The van der Waals surface area contributed by atoms with Crippen LogP contribution in [0, 0.1) is 5.41 Å². The van der Waals surface area contributed by atoms with Crippen molar-refractivity contribution in [2.75, 3.05) is 45.2 Å². The van der Waals surface area contributed by atoms with Crippen molar-refractivity contribution < 1.29 is 23.9 Å². The van der Waals surface area contributed by atoms with Gasteiger partial charge in [-0.15, -0.1) is 0 Å². The van der Waals surface area contributed by atoms with E-state index in [0.717, 1.165) is 0 Å². The van der Waals surface area contributed by atoms with Crippen LogP contribution in [-0.2, 0) is 14.3 Å². The molecule has 1 fully saturated rings. The van der Waals surface area contributed by atoms with Crippen molar-refractivity contribution in [1.29, 1.82) is 0 Å². The number of carbonyl (C=O) groups excluding carboxylic acids is 3. The smallest absolute Gasteiger partial charge is 0.409 e. The van der Waals surface area contributed by atoms with Crippen molar-refractivity contribution in [3.8, 4) is 5.75 Å². The molecule has 2 rings (SSSR count). The van der Waals surface area contributed by atoms with Crippen molar-refractivity contribution in [3.05, 3.63) is 24.3 Å². The lowest BCUT2D eigenvalue weighted by molar-refractivity contribution is -0.147. The molecule has 148 valence electrons. The van der Waals surface area contributed by atoms with Crippen LogP contribution < -0.4 is 10.1 Å². The second-order valence-electron chi connectivity index (χ2n) is 6.79. The van der Waals surface area contributed by atoms with Crippen LogP contribution in [0.15, 0.2) is 24.3 Å². The molecule has 0 unspecified atom stereocenters. The Hall–Kier alpha value is -2.77. The summed E-state index contributed by atoms with van der Waals surface area (Å²) in [5, 5.41) is 2.77. The molecule has 0 bridgehead atoms. The van der Waals surface area contributed by atoms with Crippen LogP contribution in [-0.4, -0.2) is 67.6 Å². The van der Waals surface area contributed by atoms with Gasteiger partial charge in [0.2, 0.25) is 11.8 Å². The quantitative estimate of drug-likeness (QED) is 0.793. The van der Waals surface area contributed by atoms with Crippen molar-refractivity contribution in [2.45, 2.75) is 20.8 Å². The monoisotopic (exact) mass is 377 g/mol. The molecule has 0 radical (unpaired) electrons. The summed E-state index contributed by atoms with van der Waals surface area (Å²) in [5.74, 6) is 0.0327. The Morgan fingerprint density at radius 3 is 2.11 bits per heavy atom. The molecular weight excluding hydrogens is 350 g/mol. The Morgan fingerprint density at radius 1 is 1.04 bits per heavy atom. The Morgan fingerprint density at radius 2 is 1.59 bits per heavy atom. The Bertz CT molecular complexity index is 679. The first kappa shape index (κ1) is 20.5. The van der Waals surface area contributed by atoms with Crippen LogP contribution in [0.4, 0.5) is 10.5 Å². The van der Waals surface area contributed by atoms with Gasteiger partial charge < -0.3 is 24.6 Å². The maximum atomic E-state index is 12.9. The molecule has 1 aliphatic rings. The third kappa shape index (κ3) is 4.90. The van der Waals surface area contributed by atoms with E-state index in [-0.39, 0.29) is 17.9 Å². The van der Waals surface area contributed by atoms with E-state index in [1.54, 1.807) is 61.9 Å². The molecule has 1 saturated heterocycles. The highest BCUT2D eigenvalue weighted by atomic mass is 16.6. The maximum Gasteiger partial charge on any atom is 0.409 e. The fourth-order valence-electron chi connectivity index (χ4n) is 2.76. The van der Waals surface area contributed by atoms with Gasteiger partial charge in [0.05, 0.1) is 13.7 Å². The summed E-state index contributed by atoms with van der Waals surface area (Å²) >= 11 is 0. The molecule has 1 aromatic rings. The van der Waals surface area contributed by atoms with Gasteiger partial charge in [-0.25, -0.2) is 4.79 Å². The van der Waals surface area contributed by atoms with Gasteiger partial charge in [-0.2, -0.15) is 0 Å². The van der Waals surface area contributed by atoms with E-state index in [0.29, 0.717) is 44.2 Å². The van der Waals surface area contributed by atoms with Gasteiger partial charge in [0.15, 0.2) is 0 Å². The van der Waals surface area contributed by atoms with Crippen LogP contribution in [0.1, 0.15) is 20.8 Å². The van der Waals surface area contributed by atoms with Crippen LogP contribution >= 0.6 is 0 Å². The number of piperazine rings is 1. The SMILES string of the molecule is CCOC(=O)N1CCN(C(=O)C(C)(C)C(=O)Nc2ccc(OC)cc2)CC1. The van der Waals surface area contributed by atoms with Gasteiger partial charge in [-0.3, -0.25) is 9.59 Å². The standard InChI is InChI=1S/C19H27N3O5/c1-5-27-18(25)22-12-10-21(11-13-22)17(24)19(2,3)16(23)20-14-6-8-15(26-4)9-7-14/h6-9H,5,10-13H2,1-4H3,(H,20,23). The van der Waals surface area contributed by atoms with Crippen LogP contribution in [0.25, 0.3) is 0 Å². The van der Waals surface area contributed by atoms with Crippen molar-refractivity contribution >= 4 is 23.6 Å². The highest BCUT2D eigenvalue weighted by molar-refractivity contribution is 6.09. The van der Waals surface area contributed by atoms with E-state index in [4.69, 9.17) is 9.47 Å². The first-order chi connectivity index (χ1) is 12.8. The number of ether oxygens (including phenoxy) is 2. The Kier molecular flexibility index (Phi) is 6.65. The summed E-state index contributed by atoms with van der Waals surface area (Å²) in [6.07, 6.45) is -0.374. The zero-order valence-electron chi connectivity index (χ0n) is 16.3. The average molecular weight is 377 g/mol. The molecule has 0 saturated carbocycles. The lowest BCUT2D eigenvalue weighted by atomic mass is 9.89. The van der Waals surface area contributed by atoms with E-state index in [2.05, 4.69) is 5.32 Å². The lowest BCUT2D eigenvalue weighted by Gasteiger charge is -2.37. The number of amides is 3. The minimum Gasteiger partial charge on any atom is -0.497 e. The van der Waals surface area contributed by atoms with Gasteiger partial charge in [-0.05, 0) is 45.0 Å². The van der Waals surface area contributed by atoms with Crippen LogP contribution in [0.5, 0.6) is 5.75 Å². The highest BCUT2D eigenvalue weighted by Crippen LogP contribution is 2.24. The molecule has 0 aromatic heterocycles. The number of benzene rings is 1. The van der Waals surface area contributed by atoms with Crippen LogP contribution in [0.2, 0.25) is 0 Å². The van der Waals surface area contributed by atoms with Gasteiger partial charge in [-0.1, -0.05) is 0 Å². The first-order valence-corrected chi connectivity index (χ1v) is 8.96. The second kappa shape index (κ2) is 8.75. The molecule has 8 heteroatoms. The first-order valence-electron chi connectivity index (χ1n) is 8.96. The van der Waals surface area contributed by atoms with Crippen LogP contribution in [0.3, 0.4) is 0 Å².